The Morgan fingerprint density at radius 3 is 2.57 bits per heavy atom. The number of hydrogen-bond donors (Lipinski definition) is 2. The Morgan fingerprint density at radius 1 is 1.14 bits per heavy atom. The maximum atomic E-state index is 13.6. The standard InChI is InChI=1S/C22H25FN2O2.ClH/c23-18-8-4-5-9-19(18)27-13-12-24-21(26)22(14-16-6-2-1-3-7-16)15-17-10-11-20(22)25-17;/h1-9,17,20,25H,10-15H2,(H,24,26);1H/t17-,20+,22+;/m0./s1. The van der Waals surface area contributed by atoms with Crippen LogP contribution >= 0.6 is 12.4 Å². The largest absolute Gasteiger partial charge is 0.489 e. The number of ether oxygens (including phenoxy) is 1. The number of halogens is 2. The smallest absolute Gasteiger partial charge is 0.228 e. The number of carbonyl (C=O) groups excluding carboxylic acids is 1. The molecule has 0 aromatic heterocycles. The average Bonchev–Trinajstić information content (AvgIpc) is 3.29. The fourth-order valence-corrected chi connectivity index (χ4v) is 4.55. The van der Waals surface area contributed by atoms with Crippen molar-refractivity contribution < 1.29 is 13.9 Å². The summed E-state index contributed by atoms with van der Waals surface area (Å²) in [5.74, 6) is -0.0998. The van der Waals surface area contributed by atoms with Crippen LogP contribution in [-0.4, -0.2) is 31.1 Å². The molecule has 1 amide bonds. The minimum Gasteiger partial charge on any atom is -0.489 e. The number of hydrogen-bond acceptors (Lipinski definition) is 3. The highest BCUT2D eigenvalue weighted by atomic mass is 35.5. The van der Waals surface area contributed by atoms with E-state index >= 15 is 0 Å². The third kappa shape index (κ3) is 4.15. The Morgan fingerprint density at radius 2 is 1.89 bits per heavy atom. The van der Waals surface area contributed by atoms with Crippen molar-refractivity contribution in [1.82, 2.24) is 10.6 Å². The van der Waals surface area contributed by atoms with Gasteiger partial charge in [0, 0.05) is 12.1 Å². The molecule has 2 aliphatic heterocycles. The Hall–Kier alpha value is -2.11. The summed E-state index contributed by atoms with van der Waals surface area (Å²) in [5.41, 5.74) is 0.770. The molecule has 6 heteroatoms. The van der Waals surface area contributed by atoms with Crippen LogP contribution in [0.25, 0.3) is 0 Å². The van der Waals surface area contributed by atoms with Gasteiger partial charge in [-0.2, -0.15) is 0 Å². The molecule has 3 atom stereocenters. The number of nitrogens with one attached hydrogen (secondary N) is 2. The third-order valence-electron chi connectivity index (χ3n) is 5.81. The lowest BCUT2D eigenvalue weighted by molar-refractivity contribution is -0.132. The van der Waals surface area contributed by atoms with Crippen molar-refractivity contribution in [3.05, 3.63) is 66.0 Å². The molecule has 2 aromatic rings. The van der Waals surface area contributed by atoms with E-state index in [1.807, 2.05) is 18.2 Å². The Bertz CT molecular complexity index is 804. The van der Waals surface area contributed by atoms with Crippen LogP contribution < -0.4 is 15.4 Å². The molecular weight excluding hydrogens is 379 g/mol. The van der Waals surface area contributed by atoms with Crippen LogP contribution in [0.2, 0.25) is 0 Å². The molecule has 2 heterocycles. The van der Waals surface area contributed by atoms with Crippen molar-refractivity contribution in [3.8, 4) is 5.75 Å². The molecule has 4 rings (SSSR count). The van der Waals surface area contributed by atoms with Crippen molar-refractivity contribution in [3.63, 3.8) is 0 Å². The van der Waals surface area contributed by atoms with Crippen molar-refractivity contribution in [1.29, 1.82) is 0 Å². The summed E-state index contributed by atoms with van der Waals surface area (Å²) in [6, 6.07) is 17.2. The minimum absolute atomic E-state index is 0. The lowest BCUT2D eigenvalue weighted by Gasteiger charge is -2.35. The zero-order valence-corrected chi connectivity index (χ0v) is 16.5. The van der Waals surface area contributed by atoms with Gasteiger partial charge in [0.25, 0.3) is 0 Å². The summed E-state index contributed by atoms with van der Waals surface area (Å²) < 4.78 is 19.1. The van der Waals surface area contributed by atoms with Crippen LogP contribution in [0.1, 0.15) is 24.8 Å². The van der Waals surface area contributed by atoms with E-state index in [1.54, 1.807) is 18.2 Å². The lowest BCUT2D eigenvalue weighted by Crippen LogP contribution is -2.50. The van der Waals surface area contributed by atoms with Crippen LogP contribution in [0.5, 0.6) is 5.75 Å². The molecule has 0 aliphatic carbocycles. The van der Waals surface area contributed by atoms with Gasteiger partial charge in [-0.05, 0) is 43.4 Å². The van der Waals surface area contributed by atoms with Crippen molar-refractivity contribution >= 4 is 18.3 Å². The van der Waals surface area contributed by atoms with E-state index in [9.17, 15) is 9.18 Å². The monoisotopic (exact) mass is 404 g/mol. The topological polar surface area (TPSA) is 50.4 Å². The molecule has 150 valence electrons. The van der Waals surface area contributed by atoms with Crippen LogP contribution in [0.15, 0.2) is 54.6 Å². The van der Waals surface area contributed by atoms with Gasteiger partial charge in [0.1, 0.15) is 6.61 Å². The first kappa shape index (κ1) is 20.6. The van der Waals surface area contributed by atoms with Gasteiger partial charge in [0.15, 0.2) is 11.6 Å². The SMILES string of the molecule is Cl.O=C(NCCOc1ccccc1F)[C@]1(Cc2ccccc2)C[C@@H]2CC[C@H]1N2. The van der Waals surface area contributed by atoms with Gasteiger partial charge in [0.2, 0.25) is 5.91 Å². The van der Waals surface area contributed by atoms with E-state index in [-0.39, 0.29) is 42.5 Å². The first-order valence-corrected chi connectivity index (χ1v) is 9.63. The molecule has 0 radical (unpaired) electrons. The summed E-state index contributed by atoms with van der Waals surface area (Å²) in [6.45, 7) is 0.608. The van der Waals surface area contributed by atoms with E-state index < -0.39 is 5.41 Å². The summed E-state index contributed by atoms with van der Waals surface area (Å²) >= 11 is 0. The number of amides is 1. The molecule has 2 N–H and O–H groups in total. The summed E-state index contributed by atoms with van der Waals surface area (Å²) in [4.78, 5) is 13.2. The van der Waals surface area contributed by atoms with Crippen molar-refractivity contribution in [2.75, 3.05) is 13.2 Å². The predicted octanol–water partition coefficient (Wildman–Crippen LogP) is 3.50. The van der Waals surface area contributed by atoms with Gasteiger partial charge in [-0.1, -0.05) is 42.5 Å². The summed E-state index contributed by atoms with van der Waals surface area (Å²) in [5, 5.41) is 6.64. The minimum atomic E-state index is -0.414. The molecule has 0 spiro atoms. The summed E-state index contributed by atoms with van der Waals surface area (Å²) in [7, 11) is 0. The molecule has 28 heavy (non-hydrogen) atoms. The van der Waals surface area contributed by atoms with E-state index in [0.717, 1.165) is 25.7 Å². The molecule has 0 unspecified atom stereocenters. The molecule has 2 aromatic carbocycles. The molecule has 2 aliphatic rings. The van der Waals surface area contributed by atoms with Crippen molar-refractivity contribution in [2.24, 2.45) is 5.41 Å². The second-order valence-corrected chi connectivity index (χ2v) is 7.55. The van der Waals surface area contributed by atoms with Gasteiger partial charge in [0.05, 0.1) is 12.0 Å². The third-order valence-corrected chi connectivity index (χ3v) is 5.81. The Labute approximate surface area is 171 Å². The average molecular weight is 405 g/mol. The number of carbonyl (C=O) groups is 1. The number of fused-ring (bicyclic) bond motifs is 2. The normalized spacial score (nSPS) is 25.2. The van der Waals surface area contributed by atoms with Crippen molar-refractivity contribution in [2.45, 2.75) is 37.8 Å². The number of benzene rings is 2. The maximum Gasteiger partial charge on any atom is 0.228 e. The molecule has 2 bridgehead atoms. The molecular formula is C22H26ClFN2O2. The first-order valence-electron chi connectivity index (χ1n) is 9.63. The maximum absolute atomic E-state index is 13.6. The van der Waals surface area contributed by atoms with Gasteiger partial charge in [-0.3, -0.25) is 4.79 Å². The van der Waals surface area contributed by atoms with E-state index in [2.05, 4.69) is 22.8 Å². The Balaban J connectivity index is 0.00000225. The number of rotatable bonds is 7. The molecule has 4 nitrogen and oxygen atoms in total. The predicted molar refractivity (Wildman–Crippen MR) is 109 cm³/mol. The fraction of sp³-hybridized carbons (Fsp3) is 0.409. The number of para-hydroxylation sites is 1. The van der Waals surface area contributed by atoms with Gasteiger partial charge in [-0.15, -0.1) is 12.4 Å². The zero-order chi connectivity index (χ0) is 18.7. The summed E-state index contributed by atoms with van der Waals surface area (Å²) in [6.07, 6.45) is 3.79. The molecule has 0 saturated carbocycles. The fourth-order valence-electron chi connectivity index (χ4n) is 4.55. The van der Waals surface area contributed by atoms with Gasteiger partial charge < -0.3 is 15.4 Å². The highest BCUT2D eigenvalue weighted by Crippen LogP contribution is 2.45. The van der Waals surface area contributed by atoms with Crippen LogP contribution in [0.4, 0.5) is 4.39 Å². The quantitative estimate of drug-likeness (QED) is 0.694. The van der Waals surface area contributed by atoms with Crippen LogP contribution in [0.3, 0.4) is 0 Å². The van der Waals surface area contributed by atoms with E-state index in [0.29, 0.717) is 12.6 Å². The second kappa shape index (κ2) is 8.93. The Kier molecular flexibility index (Phi) is 6.57. The highest BCUT2D eigenvalue weighted by Gasteiger charge is 2.55. The lowest BCUT2D eigenvalue weighted by atomic mass is 9.69. The molecule has 2 saturated heterocycles. The van der Waals surface area contributed by atoms with Crippen LogP contribution in [0, 0.1) is 11.2 Å². The first-order chi connectivity index (χ1) is 13.2. The molecule has 2 fully saturated rings. The van der Waals surface area contributed by atoms with Gasteiger partial charge >= 0.3 is 0 Å². The highest BCUT2D eigenvalue weighted by molar-refractivity contribution is 5.85. The van der Waals surface area contributed by atoms with Gasteiger partial charge in [-0.25, -0.2) is 4.39 Å². The zero-order valence-electron chi connectivity index (χ0n) is 15.7. The van der Waals surface area contributed by atoms with E-state index in [4.69, 9.17) is 4.74 Å². The van der Waals surface area contributed by atoms with Crippen LogP contribution in [-0.2, 0) is 11.2 Å². The van der Waals surface area contributed by atoms with E-state index in [1.165, 1.54) is 11.6 Å². The second-order valence-electron chi connectivity index (χ2n) is 7.55.